The van der Waals surface area contributed by atoms with Crippen molar-refractivity contribution >= 4 is 0 Å². The van der Waals surface area contributed by atoms with E-state index in [1.807, 2.05) is 6.92 Å². The summed E-state index contributed by atoms with van der Waals surface area (Å²) in [7, 11) is 0. The molecule has 1 aliphatic carbocycles. The summed E-state index contributed by atoms with van der Waals surface area (Å²) in [4.78, 5) is 7.59. The number of aromatic amines is 1. The molecule has 2 N–H and O–H groups in total. The molecule has 2 unspecified atom stereocenters. The summed E-state index contributed by atoms with van der Waals surface area (Å²) in [5.41, 5.74) is 0.497. The molecule has 0 aliphatic heterocycles. The molecule has 1 aromatic heterocycles. The highest BCUT2D eigenvalue weighted by atomic mass is 16.5. The van der Waals surface area contributed by atoms with Gasteiger partial charge in [0.05, 0.1) is 18.5 Å². The zero-order valence-corrected chi connectivity index (χ0v) is 10.7. The van der Waals surface area contributed by atoms with Gasteiger partial charge >= 0.3 is 0 Å². The third-order valence-electron chi connectivity index (χ3n) is 3.61. The maximum atomic E-state index is 9.10. The van der Waals surface area contributed by atoms with Gasteiger partial charge in [0.15, 0.2) is 0 Å². The van der Waals surface area contributed by atoms with Gasteiger partial charge < -0.3 is 14.8 Å². The summed E-state index contributed by atoms with van der Waals surface area (Å²) < 4.78 is 6.01. The first kappa shape index (κ1) is 12.6. The van der Waals surface area contributed by atoms with Gasteiger partial charge in [0.2, 0.25) is 0 Å². The van der Waals surface area contributed by atoms with Gasteiger partial charge in [-0.15, -0.1) is 0 Å². The van der Waals surface area contributed by atoms with Crippen LogP contribution in [0.4, 0.5) is 0 Å². The van der Waals surface area contributed by atoms with Crippen molar-refractivity contribution in [3.8, 4) is 0 Å². The van der Waals surface area contributed by atoms with Crippen molar-refractivity contribution in [1.82, 2.24) is 9.97 Å². The lowest BCUT2D eigenvalue weighted by Gasteiger charge is -2.38. The number of aliphatic hydroxyl groups is 1. The van der Waals surface area contributed by atoms with E-state index >= 15 is 0 Å². The molecule has 17 heavy (non-hydrogen) atoms. The Labute approximate surface area is 102 Å². The molecule has 1 aromatic rings. The maximum absolute atomic E-state index is 9.10. The van der Waals surface area contributed by atoms with E-state index in [2.05, 4.69) is 16.9 Å². The van der Waals surface area contributed by atoms with Crippen LogP contribution in [0.5, 0.6) is 0 Å². The largest absolute Gasteiger partial charge is 0.390 e. The van der Waals surface area contributed by atoms with Crippen LogP contribution in [0.2, 0.25) is 0 Å². The van der Waals surface area contributed by atoms with Crippen molar-refractivity contribution in [2.24, 2.45) is 5.92 Å². The molecule has 2 rings (SSSR count). The van der Waals surface area contributed by atoms with Crippen LogP contribution in [0.15, 0.2) is 6.20 Å². The Hall–Kier alpha value is -0.870. The lowest BCUT2D eigenvalue weighted by atomic mass is 9.78. The van der Waals surface area contributed by atoms with Gasteiger partial charge in [-0.1, -0.05) is 13.3 Å². The van der Waals surface area contributed by atoms with Gasteiger partial charge in [0, 0.05) is 6.61 Å². The number of hydrogen-bond acceptors (Lipinski definition) is 3. The maximum Gasteiger partial charge on any atom is 0.138 e. The van der Waals surface area contributed by atoms with E-state index in [1.165, 1.54) is 12.8 Å². The molecule has 0 aromatic carbocycles. The van der Waals surface area contributed by atoms with Crippen molar-refractivity contribution in [2.45, 2.75) is 51.7 Å². The number of hydrogen-bond donors (Lipinski definition) is 2. The number of nitrogens with one attached hydrogen (secondary N) is 1. The first-order valence-electron chi connectivity index (χ1n) is 6.49. The lowest BCUT2D eigenvalue weighted by Crippen LogP contribution is -2.36. The minimum Gasteiger partial charge on any atom is -0.390 e. The second-order valence-corrected chi connectivity index (χ2v) is 5.04. The molecule has 0 bridgehead atoms. The van der Waals surface area contributed by atoms with E-state index in [1.54, 1.807) is 6.20 Å². The van der Waals surface area contributed by atoms with Crippen LogP contribution in [0, 0.1) is 5.92 Å². The van der Waals surface area contributed by atoms with Gasteiger partial charge in [-0.25, -0.2) is 4.98 Å². The fourth-order valence-corrected chi connectivity index (χ4v) is 2.86. The molecule has 1 fully saturated rings. The Bertz CT molecular complexity index is 360. The van der Waals surface area contributed by atoms with Crippen LogP contribution in [0.25, 0.3) is 0 Å². The third-order valence-corrected chi connectivity index (χ3v) is 3.61. The van der Waals surface area contributed by atoms with Gasteiger partial charge in [0.25, 0.3) is 0 Å². The summed E-state index contributed by atoms with van der Waals surface area (Å²) in [6.45, 7) is 4.99. The molecule has 0 saturated heterocycles. The number of rotatable bonds is 4. The van der Waals surface area contributed by atoms with Crippen LogP contribution in [-0.2, 0) is 16.9 Å². The quantitative estimate of drug-likeness (QED) is 0.846. The van der Waals surface area contributed by atoms with Crippen molar-refractivity contribution in [1.29, 1.82) is 0 Å². The molecule has 96 valence electrons. The molecular weight excluding hydrogens is 216 g/mol. The van der Waals surface area contributed by atoms with E-state index in [0.717, 1.165) is 24.4 Å². The topological polar surface area (TPSA) is 58.1 Å². The summed E-state index contributed by atoms with van der Waals surface area (Å²) in [6.07, 6.45) is 6.18. The molecule has 1 aliphatic rings. The standard InChI is InChI=1S/C13H22N2O2/c1-3-17-13(6-4-5-10(2)7-13)12-14-8-11(9-16)15-12/h8,10,16H,3-7,9H2,1-2H3,(H,14,15). The highest BCUT2D eigenvalue weighted by molar-refractivity contribution is 5.10. The van der Waals surface area contributed by atoms with Gasteiger partial charge in [-0.3, -0.25) is 0 Å². The predicted octanol–water partition coefficient (Wildman–Crippen LogP) is 2.34. The fraction of sp³-hybridized carbons (Fsp3) is 0.769. The molecule has 1 saturated carbocycles. The van der Waals surface area contributed by atoms with E-state index < -0.39 is 0 Å². The van der Waals surface area contributed by atoms with Crippen molar-refractivity contribution in [2.75, 3.05) is 6.61 Å². The Kier molecular flexibility index (Phi) is 3.84. The van der Waals surface area contributed by atoms with E-state index in [0.29, 0.717) is 12.5 Å². The Morgan fingerprint density at radius 2 is 2.47 bits per heavy atom. The van der Waals surface area contributed by atoms with Crippen LogP contribution in [-0.4, -0.2) is 21.7 Å². The zero-order chi connectivity index (χ0) is 12.3. The summed E-state index contributed by atoms with van der Waals surface area (Å²) in [6, 6.07) is 0. The van der Waals surface area contributed by atoms with Crippen molar-refractivity contribution in [3.63, 3.8) is 0 Å². The number of aliphatic hydroxyl groups excluding tert-OH is 1. The first-order chi connectivity index (χ1) is 8.20. The van der Waals surface area contributed by atoms with E-state index in [-0.39, 0.29) is 12.2 Å². The fourth-order valence-electron chi connectivity index (χ4n) is 2.86. The van der Waals surface area contributed by atoms with Crippen LogP contribution in [0.3, 0.4) is 0 Å². The molecule has 1 heterocycles. The molecule has 0 spiro atoms. The molecular formula is C13H22N2O2. The van der Waals surface area contributed by atoms with Crippen molar-refractivity contribution < 1.29 is 9.84 Å². The average molecular weight is 238 g/mol. The lowest BCUT2D eigenvalue weighted by molar-refractivity contribution is -0.0876. The summed E-state index contributed by atoms with van der Waals surface area (Å²) >= 11 is 0. The van der Waals surface area contributed by atoms with Crippen LogP contribution in [0.1, 0.15) is 51.0 Å². The third kappa shape index (κ3) is 2.53. The highest BCUT2D eigenvalue weighted by Crippen LogP contribution is 2.41. The summed E-state index contributed by atoms with van der Waals surface area (Å²) in [5.74, 6) is 1.55. The number of aromatic nitrogens is 2. The minimum atomic E-state index is -0.264. The van der Waals surface area contributed by atoms with E-state index in [9.17, 15) is 0 Å². The Morgan fingerprint density at radius 3 is 3.06 bits per heavy atom. The van der Waals surface area contributed by atoms with Crippen LogP contribution >= 0.6 is 0 Å². The monoisotopic (exact) mass is 238 g/mol. The molecule has 0 radical (unpaired) electrons. The van der Waals surface area contributed by atoms with E-state index in [4.69, 9.17) is 9.84 Å². The SMILES string of the molecule is CCOC1(c2ncc(CO)[nH]2)CCCC(C)C1. The number of ether oxygens (including phenoxy) is 1. The van der Waals surface area contributed by atoms with Crippen molar-refractivity contribution in [3.05, 3.63) is 17.7 Å². The second kappa shape index (κ2) is 5.19. The number of imidazole rings is 1. The number of H-pyrrole nitrogens is 1. The number of nitrogens with zero attached hydrogens (tertiary/aromatic N) is 1. The highest BCUT2D eigenvalue weighted by Gasteiger charge is 2.39. The smallest absolute Gasteiger partial charge is 0.138 e. The normalized spacial score (nSPS) is 29.5. The Balaban J connectivity index is 2.26. The van der Waals surface area contributed by atoms with Crippen LogP contribution < -0.4 is 0 Å². The molecule has 0 amide bonds. The molecule has 2 atom stereocenters. The molecule has 4 heteroatoms. The zero-order valence-electron chi connectivity index (χ0n) is 10.7. The van der Waals surface area contributed by atoms with Gasteiger partial charge in [-0.2, -0.15) is 0 Å². The van der Waals surface area contributed by atoms with Gasteiger partial charge in [-0.05, 0) is 32.1 Å². The second-order valence-electron chi connectivity index (χ2n) is 5.04. The minimum absolute atomic E-state index is 0.00472. The predicted molar refractivity (Wildman–Crippen MR) is 65.4 cm³/mol. The average Bonchev–Trinajstić information content (AvgIpc) is 2.78. The molecule has 4 nitrogen and oxygen atoms in total. The Morgan fingerprint density at radius 1 is 1.65 bits per heavy atom. The summed E-state index contributed by atoms with van der Waals surface area (Å²) in [5, 5.41) is 9.10. The first-order valence-corrected chi connectivity index (χ1v) is 6.49. The van der Waals surface area contributed by atoms with Gasteiger partial charge in [0.1, 0.15) is 11.4 Å².